The van der Waals surface area contributed by atoms with E-state index in [1.807, 2.05) is 26.1 Å². The number of amides is 1. The summed E-state index contributed by atoms with van der Waals surface area (Å²) in [6.07, 6.45) is 0. The van der Waals surface area contributed by atoms with E-state index in [1.54, 1.807) is 11.0 Å². The Bertz CT molecular complexity index is 410. The van der Waals surface area contributed by atoms with E-state index >= 15 is 0 Å². The minimum Gasteiger partial charge on any atom is -0.370 e. The number of rotatable bonds is 4. The zero-order chi connectivity index (χ0) is 13.8. The molecular formula is C14H23N3O. The van der Waals surface area contributed by atoms with Crippen LogP contribution in [-0.2, 0) is 0 Å². The molecule has 0 spiro atoms. The number of carbonyl (C=O) groups is 1. The van der Waals surface area contributed by atoms with E-state index in [0.29, 0.717) is 12.2 Å². The molecule has 0 saturated carbocycles. The number of anilines is 1. The molecule has 0 fully saturated rings. The van der Waals surface area contributed by atoms with Crippen molar-refractivity contribution in [3.63, 3.8) is 0 Å². The summed E-state index contributed by atoms with van der Waals surface area (Å²) in [5.74, 6) is 0.706. The van der Waals surface area contributed by atoms with Crippen molar-refractivity contribution >= 4 is 11.7 Å². The Morgan fingerprint density at radius 2 is 2.06 bits per heavy atom. The van der Waals surface area contributed by atoms with Crippen molar-refractivity contribution in [2.45, 2.75) is 27.7 Å². The highest BCUT2D eigenvalue weighted by Gasteiger charge is 2.19. The van der Waals surface area contributed by atoms with Gasteiger partial charge < -0.3 is 10.2 Å². The Hall–Kier alpha value is -1.58. The average molecular weight is 249 g/mol. The number of hydrogen-bond acceptors (Lipinski definition) is 3. The van der Waals surface area contributed by atoms with Crippen LogP contribution in [-0.4, -0.2) is 35.9 Å². The zero-order valence-corrected chi connectivity index (χ0v) is 11.9. The molecule has 0 aromatic carbocycles. The SMILES string of the molecule is CCNc1cccc(C(=O)N(C)CC(C)(C)C)n1. The van der Waals surface area contributed by atoms with Crippen LogP contribution in [0.25, 0.3) is 0 Å². The number of nitrogens with zero attached hydrogens (tertiary/aromatic N) is 2. The van der Waals surface area contributed by atoms with Crippen molar-refractivity contribution in [2.75, 3.05) is 25.5 Å². The average Bonchev–Trinajstić information content (AvgIpc) is 2.26. The maximum atomic E-state index is 12.2. The van der Waals surface area contributed by atoms with Gasteiger partial charge in [0.05, 0.1) is 0 Å². The third-order valence-corrected chi connectivity index (χ3v) is 2.38. The third kappa shape index (κ3) is 4.35. The molecule has 0 saturated heterocycles. The topological polar surface area (TPSA) is 45.2 Å². The van der Waals surface area contributed by atoms with Crippen LogP contribution in [0.4, 0.5) is 5.82 Å². The van der Waals surface area contributed by atoms with E-state index in [-0.39, 0.29) is 11.3 Å². The van der Waals surface area contributed by atoms with E-state index in [2.05, 4.69) is 31.1 Å². The molecule has 1 amide bonds. The van der Waals surface area contributed by atoms with Gasteiger partial charge in [-0.2, -0.15) is 0 Å². The quantitative estimate of drug-likeness (QED) is 0.892. The second kappa shape index (κ2) is 5.85. The smallest absolute Gasteiger partial charge is 0.272 e. The van der Waals surface area contributed by atoms with Crippen molar-refractivity contribution in [2.24, 2.45) is 5.41 Å². The summed E-state index contributed by atoms with van der Waals surface area (Å²) in [4.78, 5) is 18.2. The van der Waals surface area contributed by atoms with Gasteiger partial charge in [0.25, 0.3) is 5.91 Å². The van der Waals surface area contributed by atoms with Crippen LogP contribution in [0, 0.1) is 5.41 Å². The predicted octanol–water partition coefficient (Wildman–Crippen LogP) is 2.63. The highest BCUT2D eigenvalue weighted by atomic mass is 16.2. The largest absolute Gasteiger partial charge is 0.370 e. The molecule has 100 valence electrons. The summed E-state index contributed by atoms with van der Waals surface area (Å²) in [5.41, 5.74) is 0.573. The summed E-state index contributed by atoms with van der Waals surface area (Å²) in [6.45, 7) is 9.83. The minimum atomic E-state index is -0.0373. The molecule has 4 heteroatoms. The lowest BCUT2D eigenvalue weighted by atomic mass is 9.96. The number of aromatic nitrogens is 1. The Kier molecular flexibility index (Phi) is 4.70. The van der Waals surface area contributed by atoms with Crippen LogP contribution in [0.1, 0.15) is 38.2 Å². The fourth-order valence-corrected chi connectivity index (χ4v) is 1.81. The van der Waals surface area contributed by atoms with Crippen molar-refractivity contribution < 1.29 is 4.79 Å². The van der Waals surface area contributed by atoms with Gasteiger partial charge >= 0.3 is 0 Å². The van der Waals surface area contributed by atoms with E-state index in [0.717, 1.165) is 12.4 Å². The van der Waals surface area contributed by atoms with Crippen LogP contribution in [0.2, 0.25) is 0 Å². The van der Waals surface area contributed by atoms with Crippen molar-refractivity contribution in [3.05, 3.63) is 23.9 Å². The fraction of sp³-hybridized carbons (Fsp3) is 0.571. The van der Waals surface area contributed by atoms with Crippen LogP contribution < -0.4 is 5.32 Å². The molecule has 1 rings (SSSR count). The Morgan fingerprint density at radius 3 is 2.61 bits per heavy atom. The Balaban J connectivity index is 2.80. The van der Waals surface area contributed by atoms with E-state index in [4.69, 9.17) is 0 Å². The van der Waals surface area contributed by atoms with Gasteiger partial charge in [-0.15, -0.1) is 0 Å². The van der Waals surface area contributed by atoms with E-state index < -0.39 is 0 Å². The van der Waals surface area contributed by atoms with Crippen molar-refractivity contribution in [3.8, 4) is 0 Å². The summed E-state index contributed by atoms with van der Waals surface area (Å²) in [6, 6.07) is 5.47. The van der Waals surface area contributed by atoms with Crippen LogP contribution >= 0.6 is 0 Å². The predicted molar refractivity (Wildman–Crippen MR) is 74.8 cm³/mol. The number of carbonyl (C=O) groups excluding carboxylic acids is 1. The lowest BCUT2D eigenvalue weighted by molar-refractivity contribution is 0.0740. The molecule has 0 aliphatic rings. The van der Waals surface area contributed by atoms with Crippen molar-refractivity contribution in [1.82, 2.24) is 9.88 Å². The van der Waals surface area contributed by atoms with Crippen LogP contribution in [0.3, 0.4) is 0 Å². The first-order valence-corrected chi connectivity index (χ1v) is 6.30. The van der Waals surface area contributed by atoms with E-state index in [9.17, 15) is 4.79 Å². The fourth-order valence-electron chi connectivity index (χ4n) is 1.81. The molecule has 18 heavy (non-hydrogen) atoms. The monoisotopic (exact) mass is 249 g/mol. The van der Waals surface area contributed by atoms with Gasteiger partial charge in [0.2, 0.25) is 0 Å². The molecule has 1 heterocycles. The first-order valence-electron chi connectivity index (χ1n) is 6.30. The molecule has 4 nitrogen and oxygen atoms in total. The van der Waals surface area contributed by atoms with Gasteiger partial charge in [0.1, 0.15) is 11.5 Å². The lowest BCUT2D eigenvalue weighted by Gasteiger charge is -2.26. The molecule has 0 radical (unpaired) electrons. The first kappa shape index (κ1) is 14.5. The number of nitrogens with one attached hydrogen (secondary N) is 1. The molecular weight excluding hydrogens is 226 g/mol. The van der Waals surface area contributed by atoms with Gasteiger partial charge in [-0.1, -0.05) is 26.8 Å². The zero-order valence-electron chi connectivity index (χ0n) is 11.9. The summed E-state index contributed by atoms with van der Waals surface area (Å²) >= 11 is 0. The highest BCUT2D eigenvalue weighted by Crippen LogP contribution is 2.16. The molecule has 1 aromatic heterocycles. The molecule has 0 atom stereocenters. The summed E-state index contributed by atoms with van der Waals surface area (Å²) in [5, 5.41) is 3.11. The van der Waals surface area contributed by atoms with Crippen LogP contribution in [0.15, 0.2) is 18.2 Å². The maximum Gasteiger partial charge on any atom is 0.272 e. The van der Waals surface area contributed by atoms with Crippen molar-refractivity contribution in [1.29, 1.82) is 0 Å². The van der Waals surface area contributed by atoms with Gasteiger partial charge in [-0.25, -0.2) is 4.98 Å². The Labute approximate surface area is 109 Å². The Morgan fingerprint density at radius 1 is 1.39 bits per heavy atom. The molecule has 1 N–H and O–H groups in total. The molecule has 0 bridgehead atoms. The minimum absolute atomic E-state index is 0.0373. The van der Waals surface area contributed by atoms with Gasteiger partial charge in [-0.05, 0) is 24.5 Å². The lowest BCUT2D eigenvalue weighted by Crippen LogP contribution is -2.35. The van der Waals surface area contributed by atoms with Gasteiger partial charge in [0.15, 0.2) is 0 Å². The first-order chi connectivity index (χ1) is 8.33. The third-order valence-electron chi connectivity index (χ3n) is 2.38. The second-order valence-corrected chi connectivity index (χ2v) is 5.66. The molecule has 0 unspecified atom stereocenters. The summed E-state index contributed by atoms with van der Waals surface area (Å²) < 4.78 is 0. The summed E-state index contributed by atoms with van der Waals surface area (Å²) in [7, 11) is 1.81. The highest BCUT2D eigenvalue weighted by molar-refractivity contribution is 5.92. The van der Waals surface area contributed by atoms with E-state index in [1.165, 1.54) is 0 Å². The normalized spacial score (nSPS) is 11.2. The van der Waals surface area contributed by atoms with Crippen LogP contribution in [0.5, 0.6) is 0 Å². The molecule has 1 aromatic rings. The molecule has 0 aliphatic heterocycles. The standard InChI is InChI=1S/C14H23N3O/c1-6-15-12-9-7-8-11(16-12)13(18)17(5)10-14(2,3)4/h7-9H,6,10H2,1-5H3,(H,15,16). The van der Waals surface area contributed by atoms with Gasteiger partial charge in [0, 0.05) is 20.1 Å². The maximum absolute atomic E-state index is 12.2. The number of hydrogen-bond donors (Lipinski definition) is 1. The van der Waals surface area contributed by atoms with Gasteiger partial charge in [-0.3, -0.25) is 4.79 Å². The number of pyridine rings is 1. The second-order valence-electron chi connectivity index (χ2n) is 5.66. The molecule has 0 aliphatic carbocycles.